The molecule has 0 unspecified atom stereocenters. The topological polar surface area (TPSA) is 88.5 Å². The highest BCUT2D eigenvalue weighted by Crippen LogP contribution is 2.31. The lowest BCUT2D eigenvalue weighted by atomic mass is 10.2. The van der Waals surface area contributed by atoms with Crippen LogP contribution in [0.3, 0.4) is 0 Å². The van der Waals surface area contributed by atoms with Crippen molar-refractivity contribution in [3.63, 3.8) is 0 Å². The lowest BCUT2D eigenvalue weighted by molar-refractivity contribution is -0.120. The Labute approximate surface area is 185 Å². The largest absolute Gasteiger partial charge is 0.324 e. The number of aryl methyl sites for hydroxylation is 1. The molecule has 2 amide bonds. The van der Waals surface area contributed by atoms with Gasteiger partial charge < -0.3 is 10.6 Å². The lowest BCUT2D eigenvalue weighted by Crippen LogP contribution is -2.50. The normalized spacial score (nSPS) is 14.9. The van der Waals surface area contributed by atoms with Gasteiger partial charge in [-0.2, -0.15) is 5.26 Å². The molecule has 0 spiro atoms. The first kappa shape index (κ1) is 22.2. The third-order valence-corrected chi connectivity index (χ3v) is 6.55. The third kappa shape index (κ3) is 5.58. The summed E-state index contributed by atoms with van der Waals surface area (Å²) in [5.41, 5.74) is 2.07. The second-order valence-corrected chi connectivity index (χ2v) is 8.86. The second-order valence-electron chi connectivity index (χ2n) is 7.23. The number of halogens is 1. The molecule has 1 aliphatic rings. The van der Waals surface area contributed by atoms with E-state index in [4.69, 9.17) is 11.6 Å². The molecular formula is C21H24ClN5O2S. The monoisotopic (exact) mass is 445 g/mol. The zero-order valence-corrected chi connectivity index (χ0v) is 18.6. The van der Waals surface area contributed by atoms with E-state index in [1.54, 1.807) is 12.1 Å². The SMILES string of the molecule is Cc1sc(NC(=O)CN2CCN(CC(=O)Nc3ccccc3Cl)CC2)c(C#N)c1C. The summed E-state index contributed by atoms with van der Waals surface area (Å²) in [6, 6.07) is 9.31. The summed E-state index contributed by atoms with van der Waals surface area (Å²) in [5.74, 6) is -0.237. The van der Waals surface area contributed by atoms with Crippen LogP contribution in [0.2, 0.25) is 5.02 Å². The van der Waals surface area contributed by atoms with Crippen LogP contribution in [0.1, 0.15) is 16.0 Å². The maximum Gasteiger partial charge on any atom is 0.239 e. The summed E-state index contributed by atoms with van der Waals surface area (Å²) >= 11 is 7.51. The molecular weight excluding hydrogens is 422 g/mol. The van der Waals surface area contributed by atoms with E-state index in [0.717, 1.165) is 10.4 Å². The van der Waals surface area contributed by atoms with E-state index in [1.165, 1.54) is 11.3 Å². The number of nitriles is 1. The van der Waals surface area contributed by atoms with Crippen LogP contribution >= 0.6 is 22.9 Å². The molecule has 1 aromatic carbocycles. The first-order valence-electron chi connectivity index (χ1n) is 9.66. The van der Waals surface area contributed by atoms with Gasteiger partial charge in [-0.3, -0.25) is 19.4 Å². The fourth-order valence-electron chi connectivity index (χ4n) is 3.28. The Morgan fingerprint density at radius 3 is 2.20 bits per heavy atom. The van der Waals surface area contributed by atoms with Gasteiger partial charge in [0.2, 0.25) is 11.8 Å². The summed E-state index contributed by atoms with van der Waals surface area (Å²) < 4.78 is 0. The fourth-order valence-corrected chi connectivity index (χ4v) is 4.49. The third-order valence-electron chi connectivity index (χ3n) is 5.10. The van der Waals surface area contributed by atoms with Crippen LogP contribution in [-0.2, 0) is 9.59 Å². The predicted molar refractivity (Wildman–Crippen MR) is 120 cm³/mol. The summed E-state index contributed by atoms with van der Waals surface area (Å²) in [4.78, 5) is 29.8. The van der Waals surface area contributed by atoms with Crippen LogP contribution in [0.5, 0.6) is 0 Å². The number of hydrogen-bond donors (Lipinski definition) is 2. The van der Waals surface area contributed by atoms with Crippen molar-refractivity contribution in [1.29, 1.82) is 5.26 Å². The van der Waals surface area contributed by atoms with Crippen molar-refractivity contribution >= 4 is 45.4 Å². The number of amides is 2. The second kappa shape index (κ2) is 10.0. The van der Waals surface area contributed by atoms with E-state index in [2.05, 4.69) is 26.5 Å². The van der Waals surface area contributed by atoms with Crippen LogP contribution in [0.15, 0.2) is 24.3 Å². The maximum atomic E-state index is 12.4. The summed E-state index contributed by atoms with van der Waals surface area (Å²) in [6.07, 6.45) is 0. The molecule has 158 valence electrons. The van der Waals surface area contributed by atoms with Gasteiger partial charge >= 0.3 is 0 Å². The van der Waals surface area contributed by atoms with Crippen LogP contribution in [0.4, 0.5) is 10.7 Å². The van der Waals surface area contributed by atoms with E-state index >= 15 is 0 Å². The number of benzene rings is 1. The van der Waals surface area contributed by atoms with Crippen LogP contribution in [0.25, 0.3) is 0 Å². The minimum Gasteiger partial charge on any atom is -0.324 e. The van der Waals surface area contributed by atoms with Crippen molar-refractivity contribution in [2.45, 2.75) is 13.8 Å². The molecule has 0 aliphatic carbocycles. The zero-order chi connectivity index (χ0) is 21.7. The van der Waals surface area contributed by atoms with Crippen LogP contribution < -0.4 is 10.6 Å². The molecule has 1 saturated heterocycles. The molecule has 0 saturated carbocycles. The molecule has 9 heteroatoms. The van der Waals surface area contributed by atoms with E-state index in [1.807, 2.05) is 26.0 Å². The Bertz CT molecular complexity index is 976. The number of carbonyl (C=O) groups is 2. The van der Waals surface area contributed by atoms with Crippen molar-refractivity contribution in [2.24, 2.45) is 0 Å². The fraction of sp³-hybridized carbons (Fsp3) is 0.381. The number of nitrogens with one attached hydrogen (secondary N) is 2. The number of carbonyl (C=O) groups excluding carboxylic acids is 2. The summed E-state index contributed by atoms with van der Waals surface area (Å²) in [6.45, 7) is 7.17. The highest BCUT2D eigenvalue weighted by atomic mass is 35.5. The van der Waals surface area contributed by atoms with Crippen LogP contribution in [-0.4, -0.2) is 60.9 Å². The molecule has 2 N–H and O–H groups in total. The number of piperazine rings is 1. The lowest BCUT2D eigenvalue weighted by Gasteiger charge is -2.33. The van der Waals surface area contributed by atoms with Crippen molar-refractivity contribution in [3.05, 3.63) is 45.3 Å². The van der Waals surface area contributed by atoms with Crippen molar-refractivity contribution in [2.75, 3.05) is 49.9 Å². The molecule has 30 heavy (non-hydrogen) atoms. The van der Waals surface area contributed by atoms with Gasteiger partial charge in [0.1, 0.15) is 11.1 Å². The standard InChI is InChI=1S/C21H24ClN5O2S/c1-14-15(2)30-21(16(14)11-23)25-20(29)13-27-9-7-26(8-10-27)12-19(28)24-18-6-4-3-5-17(18)22/h3-6H,7-10,12-13H2,1-2H3,(H,24,28)(H,25,29). The first-order valence-corrected chi connectivity index (χ1v) is 10.9. The van der Waals surface area contributed by atoms with Gasteiger partial charge in [-0.25, -0.2) is 0 Å². The van der Waals surface area contributed by atoms with Gasteiger partial charge in [-0.15, -0.1) is 11.3 Å². The van der Waals surface area contributed by atoms with Crippen LogP contribution in [0, 0.1) is 25.2 Å². The predicted octanol–water partition coefficient (Wildman–Crippen LogP) is 3.08. The van der Waals surface area contributed by atoms with Crippen molar-refractivity contribution < 1.29 is 9.59 Å². The van der Waals surface area contributed by atoms with E-state index in [9.17, 15) is 14.9 Å². The molecule has 1 fully saturated rings. The average molecular weight is 446 g/mol. The smallest absolute Gasteiger partial charge is 0.239 e. The Kier molecular flexibility index (Phi) is 7.45. The molecule has 1 aromatic heterocycles. The molecule has 0 radical (unpaired) electrons. The number of anilines is 2. The molecule has 3 rings (SSSR count). The van der Waals surface area contributed by atoms with Crippen molar-refractivity contribution in [3.8, 4) is 6.07 Å². The minimum atomic E-state index is -0.127. The number of thiophene rings is 1. The highest BCUT2D eigenvalue weighted by molar-refractivity contribution is 7.16. The Morgan fingerprint density at radius 1 is 1.07 bits per heavy atom. The summed E-state index contributed by atoms with van der Waals surface area (Å²) in [5, 5.41) is 16.1. The maximum absolute atomic E-state index is 12.4. The Balaban J connectivity index is 1.44. The van der Waals surface area contributed by atoms with E-state index in [-0.39, 0.29) is 24.9 Å². The Hall–Kier alpha value is -2.44. The average Bonchev–Trinajstić information content (AvgIpc) is 2.97. The summed E-state index contributed by atoms with van der Waals surface area (Å²) in [7, 11) is 0. The molecule has 2 heterocycles. The quantitative estimate of drug-likeness (QED) is 0.713. The molecule has 2 aromatic rings. The highest BCUT2D eigenvalue weighted by Gasteiger charge is 2.22. The van der Waals surface area contributed by atoms with Gasteiger partial charge in [0.05, 0.1) is 29.4 Å². The molecule has 7 nitrogen and oxygen atoms in total. The zero-order valence-electron chi connectivity index (χ0n) is 17.0. The van der Waals surface area contributed by atoms with Gasteiger partial charge in [-0.1, -0.05) is 23.7 Å². The van der Waals surface area contributed by atoms with E-state index in [0.29, 0.717) is 47.5 Å². The molecule has 0 bridgehead atoms. The van der Waals surface area contributed by atoms with E-state index < -0.39 is 0 Å². The first-order chi connectivity index (χ1) is 14.4. The van der Waals surface area contributed by atoms with Gasteiger partial charge in [-0.05, 0) is 31.5 Å². The minimum absolute atomic E-state index is 0.109. The number of para-hydroxylation sites is 1. The molecule has 0 atom stereocenters. The van der Waals surface area contributed by atoms with Crippen molar-refractivity contribution in [1.82, 2.24) is 9.80 Å². The molecule has 1 aliphatic heterocycles. The number of nitrogens with zero attached hydrogens (tertiary/aromatic N) is 3. The number of rotatable bonds is 6. The number of hydrogen-bond acceptors (Lipinski definition) is 6. The van der Waals surface area contributed by atoms with Gasteiger partial charge in [0.25, 0.3) is 0 Å². The van der Waals surface area contributed by atoms with Gasteiger partial charge in [0.15, 0.2) is 0 Å². The van der Waals surface area contributed by atoms with Gasteiger partial charge in [0, 0.05) is 31.1 Å². The Morgan fingerprint density at radius 2 is 1.63 bits per heavy atom.